The first-order chi connectivity index (χ1) is 10.3. The van der Waals surface area contributed by atoms with Gasteiger partial charge >= 0.3 is 5.97 Å². The van der Waals surface area contributed by atoms with Crippen molar-refractivity contribution < 1.29 is 9.53 Å². The molecule has 0 aromatic carbocycles. The normalized spacial score (nSPS) is 10.3. The van der Waals surface area contributed by atoms with Gasteiger partial charge in [-0.2, -0.15) is 0 Å². The van der Waals surface area contributed by atoms with E-state index in [9.17, 15) is 4.79 Å². The van der Waals surface area contributed by atoms with E-state index in [-0.39, 0.29) is 18.4 Å². The Morgan fingerprint density at radius 2 is 1.27 bits per heavy atom. The van der Waals surface area contributed by atoms with E-state index >= 15 is 0 Å². The zero-order valence-corrected chi connectivity index (χ0v) is 15.4. The largest absolute Gasteiger partial charge is 0.466 e. The molecule has 0 aliphatic heterocycles. The molecule has 0 bridgehead atoms. The highest BCUT2D eigenvalue weighted by atomic mass is 35.5. The summed E-state index contributed by atoms with van der Waals surface area (Å²) in [7, 11) is 0. The van der Waals surface area contributed by atoms with E-state index in [1.54, 1.807) is 0 Å². The first-order valence-electron chi connectivity index (χ1n) is 9.17. The van der Waals surface area contributed by atoms with Crippen molar-refractivity contribution in [3.63, 3.8) is 0 Å². The quantitative estimate of drug-likeness (QED) is 0.304. The summed E-state index contributed by atoms with van der Waals surface area (Å²) in [4.78, 5) is 11.4. The Bertz CT molecular complexity index is 225. The summed E-state index contributed by atoms with van der Waals surface area (Å²) in [6, 6.07) is 0. The minimum absolute atomic E-state index is 0. The summed E-state index contributed by atoms with van der Waals surface area (Å²) < 4.78 is 5.22. The van der Waals surface area contributed by atoms with Crippen LogP contribution in [-0.2, 0) is 9.53 Å². The molecule has 0 heterocycles. The number of nitrogens with two attached hydrogens (primary N) is 1. The lowest BCUT2D eigenvalue weighted by Gasteiger charge is -2.05. The molecule has 134 valence electrons. The molecule has 22 heavy (non-hydrogen) atoms. The third-order valence-electron chi connectivity index (χ3n) is 3.85. The molecule has 0 fully saturated rings. The van der Waals surface area contributed by atoms with Crippen molar-refractivity contribution in [3.05, 3.63) is 0 Å². The number of rotatable bonds is 16. The standard InChI is InChI=1S/C18H37NO2.ClH/c1-2-3-4-5-6-7-8-9-10-14-17-21-18(20)15-12-11-13-16-19;/h2-17,19H2,1H3;1H. The molecule has 0 atom stereocenters. The lowest BCUT2D eigenvalue weighted by atomic mass is 10.1. The van der Waals surface area contributed by atoms with Crippen LogP contribution in [0.2, 0.25) is 0 Å². The topological polar surface area (TPSA) is 52.3 Å². The fourth-order valence-corrected chi connectivity index (χ4v) is 2.44. The summed E-state index contributed by atoms with van der Waals surface area (Å²) in [5.74, 6) is -0.0389. The van der Waals surface area contributed by atoms with Crippen LogP contribution >= 0.6 is 12.4 Å². The highest BCUT2D eigenvalue weighted by Gasteiger charge is 2.01. The van der Waals surface area contributed by atoms with Crippen LogP contribution in [0.3, 0.4) is 0 Å². The molecule has 0 radical (unpaired) electrons. The summed E-state index contributed by atoms with van der Waals surface area (Å²) in [5, 5.41) is 0. The number of carbonyl (C=O) groups is 1. The van der Waals surface area contributed by atoms with E-state index in [4.69, 9.17) is 10.5 Å². The second-order valence-corrected chi connectivity index (χ2v) is 6.00. The highest BCUT2D eigenvalue weighted by Crippen LogP contribution is 2.10. The van der Waals surface area contributed by atoms with E-state index in [0.717, 1.165) is 25.7 Å². The van der Waals surface area contributed by atoms with Gasteiger partial charge in [0, 0.05) is 6.42 Å². The molecule has 0 saturated carbocycles. The van der Waals surface area contributed by atoms with Crippen molar-refractivity contribution in [1.82, 2.24) is 0 Å². The monoisotopic (exact) mass is 335 g/mol. The van der Waals surface area contributed by atoms with Crippen LogP contribution < -0.4 is 5.73 Å². The second-order valence-electron chi connectivity index (χ2n) is 6.00. The van der Waals surface area contributed by atoms with Gasteiger partial charge in [0.15, 0.2) is 0 Å². The zero-order valence-electron chi connectivity index (χ0n) is 14.6. The summed E-state index contributed by atoms with van der Waals surface area (Å²) in [6.07, 6.45) is 16.6. The van der Waals surface area contributed by atoms with Crippen molar-refractivity contribution in [1.29, 1.82) is 0 Å². The number of ether oxygens (including phenoxy) is 1. The maximum absolute atomic E-state index is 11.4. The van der Waals surface area contributed by atoms with Crippen molar-refractivity contribution in [3.8, 4) is 0 Å². The number of hydrogen-bond acceptors (Lipinski definition) is 3. The van der Waals surface area contributed by atoms with E-state index in [1.807, 2.05) is 0 Å². The van der Waals surface area contributed by atoms with Gasteiger partial charge in [-0.25, -0.2) is 0 Å². The van der Waals surface area contributed by atoms with Crippen LogP contribution in [0, 0.1) is 0 Å². The van der Waals surface area contributed by atoms with Crippen molar-refractivity contribution >= 4 is 18.4 Å². The molecule has 2 N–H and O–H groups in total. The zero-order chi connectivity index (χ0) is 15.6. The Hall–Kier alpha value is -0.280. The molecule has 3 nitrogen and oxygen atoms in total. The molecule has 0 unspecified atom stereocenters. The molecular weight excluding hydrogens is 298 g/mol. The van der Waals surface area contributed by atoms with Crippen LogP contribution in [-0.4, -0.2) is 19.1 Å². The molecule has 0 amide bonds. The van der Waals surface area contributed by atoms with Gasteiger partial charge in [0.25, 0.3) is 0 Å². The third kappa shape index (κ3) is 19.7. The lowest BCUT2D eigenvalue weighted by Crippen LogP contribution is -2.06. The van der Waals surface area contributed by atoms with Gasteiger partial charge in [0.1, 0.15) is 0 Å². The van der Waals surface area contributed by atoms with Gasteiger partial charge in [-0.15, -0.1) is 12.4 Å². The fraction of sp³-hybridized carbons (Fsp3) is 0.944. The van der Waals surface area contributed by atoms with E-state index in [2.05, 4.69) is 6.92 Å². The molecule has 4 heteroatoms. The fourth-order valence-electron chi connectivity index (χ4n) is 2.44. The first-order valence-corrected chi connectivity index (χ1v) is 9.17. The maximum Gasteiger partial charge on any atom is 0.305 e. The van der Waals surface area contributed by atoms with Crippen LogP contribution in [0.4, 0.5) is 0 Å². The molecular formula is C18H38ClNO2. The molecule has 0 aliphatic rings. The number of esters is 1. The summed E-state index contributed by atoms with van der Waals surface area (Å²) in [6.45, 7) is 3.58. The smallest absolute Gasteiger partial charge is 0.305 e. The summed E-state index contributed by atoms with van der Waals surface area (Å²) >= 11 is 0. The van der Waals surface area contributed by atoms with Crippen molar-refractivity contribution in [2.45, 2.75) is 96.8 Å². The number of carbonyl (C=O) groups excluding carboxylic acids is 1. The van der Waals surface area contributed by atoms with Crippen molar-refractivity contribution in [2.24, 2.45) is 5.73 Å². The van der Waals surface area contributed by atoms with Gasteiger partial charge in [0.05, 0.1) is 6.61 Å². The number of halogens is 1. The number of unbranched alkanes of at least 4 members (excludes halogenated alkanes) is 11. The number of hydrogen-bond donors (Lipinski definition) is 1. The Balaban J connectivity index is 0. The molecule has 0 aliphatic carbocycles. The average Bonchev–Trinajstić information content (AvgIpc) is 2.49. The van der Waals surface area contributed by atoms with Crippen molar-refractivity contribution in [2.75, 3.05) is 13.2 Å². The van der Waals surface area contributed by atoms with Crippen LogP contribution in [0.1, 0.15) is 96.8 Å². The Labute approximate surface area is 144 Å². The lowest BCUT2D eigenvalue weighted by molar-refractivity contribution is -0.143. The van der Waals surface area contributed by atoms with E-state index < -0.39 is 0 Å². The van der Waals surface area contributed by atoms with Gasteiger partial charge in [0.2, 0.25) is 0 Å². The minimum Gasteiger partial charge on any atom is -0.466 e. The van der Waals surface area contributed by atoms with Crippen LogP contribution in [0.15, 0.2) is 0 Å². The van der Waals surface area contributed by atoms with Crippen LogP contribution in [0.25, 0.3) is 0 Å². The molecule has 0 rings (SSSR count). The SMILES string of the molecule is CCCCCCCCCCCCOC(=O)CCCCCN.Cl. The van der Waals surface area contributed by atoms with Gasteiger partial charge in [-0.05, 0) is 25.8 Å². The van der Waals surface area contributed by atoms with E-state index in [0.29, 0.717) is 19.6 Å². The summed E-state index contributed by atoms with van der Waals surface area (Å²) in [5.41, 5.74) is 5.41. The average molecular weight is 336 g/mol. The van der Waals surface area contributed by atoms with Crippen LogP contribution in [0.5, 0.6) is 0 Å². The predicted molar refractivity (Wildman–Crippen MR) is 97.6 cm³/mol. The highest BCUT2D eigenvalue weighted by molar-refractivity contribution is 5.85. The van der Waals surface area contributed by atoms with Gasteiger partial charge in [-0.1, -0.05) is 71.1 Å². The van der Waals surface area contributed by atoms with E-state index in [1.165, 1.54) is 57.8 Å². The second kappa shape index (κ2) is 20.7. The van der Waals surface area contributed by atoms with Gasteiger partial charge in [-0.3, -0.25) is 4.79 Å². The molecule has 0 saturated heterocycles. The third-order valence-corrected chi connectivity index (χ3v) is 3.85. The Kier molecular flexibility index (Phi) is 22.6. The van der Waals surface area contributed by atoms with Gasteiger partial charge < -0.3 is 10.5 Å². The predicted octanol–water partition coefficient (Wildman–Crippen LogP) is 5.39. The first kappa shape index (κ1) is 24.0. The Morgan fingerprint density at radius 1 is 0.773 bits per heavy atom. The molecule has 0 spiro atoms. The molecule has 0 aromatic rings. The maximum atomic E-state index is 11.4. The molecule has 0 aromatic heterocycles. The minimum atomic E-state index is -0.0389. The Morgan fingerprint density at radius 3 is 1.82 bits per heavy atom.